The van der Waals surface area contributed by atoms with Crippen molar-refractivity contribution in [3.8, 4) is 0 Å². The van der Waals surface area contributed by atoms with Crippen molar-refractivity contribution in [2.24, 2.45) is 5.92 Å². The van der Waals surface area contributed by atoms with Crippen molar-refractivity contribution >= 4 is 12.1 Å². The summed E-state index contributed by atoms with van der Waals surface area (Å²) in [6, 6.07) is 10.5. The minimum atomic E-state index is -4.37. The van der Waals surface area contributed by atoms with Gasteiger partial charge in [0.1, 0.15) is 17.5 Å². The van der Waals surface area contributed by atoms with Crippen LogP contribution in [0.1, 0.15) is 57.7 Å². The van der Waals surface area contributed by atoms with Crippen molar-refractivity contribution in [1.29, 1.82) is 0 Å². The number of ether oxygens (including phenoxy) is 2. The fraction of sp³-hybridized carbons (Fsp3) is 0.448. The quantitative estimate of drug-likeness (QED) is 0.215. The predicted octanol–water partition coefficient (Wildman–Crippen LogP) is 7.42. The lowest BCUT2D eigenvalue weighted by Gasteiger charge is -2.23. The van der Waals surface area contributed by atoms with Gasteiger partial charge in [-0.1, -0.05) is 35.9 Å². The van der Waals surface area contributed by atoms with Crippen LogP contribution in [-0.4, -0.2) is 29.8 Å². The Bertz CT molecular complexity index is 1010. The summed E-state index contributed by atoms with van der Waals surface area (Å²) >= 11 is 0. The first-order valence-electron chi connectivity index (χ1n) is 12.2. The van der Waals surface area contributed by atoms with Crippen molar-refractivity contribution in [2.75, 3.05) is 0 Å². The van der Waals surface area contributed by atoms with Crippen molar-refractivity contribution in [2.45, 2.75) is 78.3 Å². The second kappa shape index (κ2) is 14.5. The lowest BCUT2D eigenvalue weighted by atomic mass is 9.93. The van der Waals surface area contributed by atoms with E-state index in [1.807, 2.05) is 6.92 Å². The second-order valence-corrected chi connectivity index (χ2v) is 10.0. The molecule has 0 fully saturated rings. The summed E-state index contributed by atoms with van der Waals surface area (Å²) in [5, 5.41) is 2.42. The highest BCUT2D eigenvalue weighted by molar-refractivity contribution is 5.81. The number of nitrogens with one attached hydrogen (secondary N) is 1. The average molecular weight is 540 g/mol. The van der Waals surface area contributed by atoms with E-state index in [4.69, 9.17) is 9.47 Å². The minimum absolute atomic E-state index is 0.0985. The van der Waals surface area contributed by atoms with Gasteiger partial charge in [0.05, 0.1) is 11.7 Å². The normalized spacial score (nSPS) is 13.7. The number of aryl methyl sites for hydroxylation is 1. The van der Waals surface area contributed by atoms with Gasteiger partial charge < -0.3 is 14.8 Å². The molecule has 2 aromatic carbocycles. The molecule has 1 N–H and O–H groups in total. The van der Waals surface area contributed by atoms with Crippen LogP contribution >= 0.6 is 0 Å². The molecule has 0 aliphatic heterocycles. The summed E-state index contributed by atoms with van der Waals surface area (Å²) in [5.41, 5.74) is 0.434. The number of halogens is 4. The number of alkyl carbamates (subject to hydrolysis) is 1. The fourth-order valence-electron chi connectivity index (χ4n) is 3.25. The molecule has 0 spiro atoms. The van der Waals surface area contributed by atoms with Crippen LogP contribution in [0.4, 0.5) is 22.4 Å². The SMILES string of the molecule is C=C[C@H](Cc1ccc(C(F)(F)F)cc1)C[C@H](C)OC(=O)[C@H](C)NC(=O)OC(C)(C)C.Cc1ccc(F)cc1. The average Bonchev–Trinajstić information content (AvgIpc) is 2.79. The lowest BCUT2D eigenvalue weighted by molar-refractivity contribution is -0.150. The molecule has 3 atom stereocenters. The van der Waals surface area contributed by atoms with Gasteiger partial charge in [-0.3, -0.25) is 0 Å². The van der Waals surface area contributed by atoms with E-state index in [0.29, 0.717) is 12.8 Å². The molecule has 9 heteroatoms. The highest BCUT2D eigenvalue weighted by Gasteiger charge is 2.30. The molecule has 1 amide bonds. The molecule has 210 valence electrons. The zero-order valence-electron chi connectivity index (χ0n) is 22.7. The van der Waals surface area contributed by atoms with Crippen LogP contribution in [0.2, 0.25) is 0 Å². The van der Waals surface area contributed by atoms with Crippen LogP contribution in [0.25, 0.3) is 0 Å². The smallest absolute Gasteiger partial charge is 0.416 e. The van der Waals surface area contributed by atoms with E-state index in [0.717, 1.165) is 23.3 Å². The minimum Gasteiger partial charge on any atom is -0.461 e. The first-order chi connectivity index (χ1) is 17.5. The number of amides is 1. The summed E-state index contributed by atoms with van der Waals surface area (Å²) in [5.74, 6) is -0.875. The first-order valence-corrected chi connectivity index (χ1v) is 12.2. The molecule has 2 aromatic rings. The lowest BCUT2D eigenvalue weighted by Crippen LogP contribution is -2.43. The topological polar surface area (TPSA) is 64.6 Å². The Morgan fingerprint density at radius 3 is 2.00 bits per heavy atom. The Morgan fingerprint density at radius 1 is 1.00 bits per heavy atom. The number of hydrogen-bond donors (Lipinski definition) is 1. The molecule has 0 radical (unpaired) electrons. The van der Waals surface area contributed by atoms with E-state index in [2.05, 4.69) is 11.9 Å². The number of carbonyl (C=O) groups is 2. The molecule has 0 unspecified atom stereocenters. The maximum Gasteiger partial charge on any atom is 0.416 e. The van der Waals surface area contributed by atoms with Crippen molar-refractivity contribution in [1.82, 2.24) is 5.32 Å². The van der Waals surface area contributed by atoms with Crippen LogP contribution in [-0.2, 0) is 26.9 Å². The standard InChI is InChI=1S/C22H30F3NO4.C7H7F/c1-7-16(13-17-8-10-18(11-9-17)22(23,24)25)12-14(2)29-19(27)15(3)26-20(28)30-21(4,5)6;1-6-2-4-7(8)5-3-6/h7-11,14-16H,1,12-13H2,2-6H3,(H,26,28);2-5H,1H3/t14-,15-,16-;/m0./s1. The van der Waals surface area contributed by atoms with Crippen molar-refractivity contribution in [3.05, 3.63) is 83.7 Å². The largest absolute Gasteiger partial charge is 0.461 e. The van der Waals surface area contributed by atoms with E-state index < -0.39 is 41.5 Å². The van der Waals surface area contributed by atoms with Gasteiger partial charge in [-0.05, 0) is 90.1 Å². The highest BCUT2D eigenvalue weighted by atomic mass is 19.4. The molecule has 0 aromatic heterocycles. The number of benzene rings is 2. The monoisotopic (exact) mass is 539 g/mol. The summed E-state index contributed by atoms with van der Waals surface area (Å²) in [4.78, 5) is 23.9. The third-order valence-corrected chi connectivity index (χ3v) is 5.16. The van der Waals surface area contributed by atoms with E-state index >= 15 is 0 Å². The van der Waals surface area contributed by atoms with Gasteiger partial charge in [0.25, 0.3) is 0 Å². The third kappa shape index (κ3) is 13.3. The zero-order valence-corrected chi connectivity index (χ0v) is 22.7. The highest BCUT2D eigenvalue weighted by Crippen LogP contribution is 2.29. The maximum atomic E-state index is 12.7. The first kappa shape index (κ1) is 32.7. The molecule has 0 saturated heterocycles. The Labute approximate surface area is 222 Å². The Hall–Kier alpha value is -3.36. The molecular formula is C29H37F4NO4. The molecule has 0 aliphatic rings. The van der Waals surface area contributed by atoms with Gasteiger partial charge in [0, 0.05) is 0 Å². The Balaban J connectivity index is 0.000000763. The van der Waals surface area contributed by atoms with Crippen LogP contribution in [0.15, 0.2) is 61.2 Å². The number of allylic oxidation sites excluding steroid dienone is 1. The van der Waals surface area contributed by atoms with Gasteiger partial charge in [0.15, 0.2) is 0 Å². The zero-order chi connectivity index (χ0) is 29.1. The number of alkyl halides is 3. The maximum absolute atomic E-state index is 12.7. The van der Waals surface area contributed by atoms with E-state index in [9.17, 15) is 27.2 Å². The number of hydrogen-bond acceptors (Lipinski definition) is 4. The van der Waals surface area contributed by atoms with E-state index in [-0.39, 0.29) is 11.7 Å². The van der Waals surface area contributed by atoms with Crippen LogP contribution < -0.4 is 5.32 Å². The summed E-state index contributed by atoms with van der Waals surface area (Å²) < 4.78 is 60.6. The summed E-state index contributed by atoms with van der Waals surface area (Å²) in [6.45, 7) is 14.0. The van der Waals surface area contributed by atoms with Gasteiger partial charge >= 0.3 is 18.2 Å². The van der Waals surface area contributed by atoms with Gasteiger partial charge in [-0.15, -0.1) is 6.58 Å². The van der Waals surface area contributed by atoms with Gasteiger partial charge in [-0.2, -0.15) is 13.2 Å². The van der Waals surface area contributed by atoms with Crippen LogP contribution in [0.5, 0.6) is 0 Å². The molecule has 0 bridgehead atoms. The van der Waals surface area contributed by atoms with Gasteiger partial charge in [0.2, 0.25) is 0 Å². The number of esters is 1. The summed E-state index contributed by atoms with van der Waals surface area (Å²) in [7, 11) is 0. The van der Waals surface area contributed by atoms with Gasteiger partial charge in [-0.25, -0.2) is 14.0 Å². The fourth-order valence-corrected chi connectivity index (χ4v) is 3.25. The van der Waals surface area contributed by atoms with E-state index in [1.54, 1.807) is 45.9 Å². The predicted molar refractivity (Wildman–Crippen MR) is 139 cm³/mol. The van der Waals surface area contributed by atoms with Crippen molar-refractivity contribution < 1.29 is 36.6 Å². The Morgan fingerprint density at radius 2 is 1.55 bits per heavy atom. The molecule has 2 rings (SSSR count). The molecule has 0 heterocycles. The van der Waals surface area contributed by atoms with Crippen LogP contribution in [0.3, 0.4) is 0 Å². The Kier molecular flexibility index (Phi) is 12.5. The summed E-state index contributed by atoms with van der Waals surface area (Å²) in [6.07, 6.45) is -2.97. The van der Waals surface area contributed by atoms with Crippen molar-refractivity contribution in [3.63, 3.8) is 0 Å². The molecule has 0 saturated carbocycles. The van der Waals surface area contributed by atoms with E-state index in [1.165, 1.54) is 31.2 Å². The number of carbonyl (C=O) groups excluding carboxylic acids is 2. The molecule has 38 heavy (non-hydrogen) atoms. The molecule has 0 aliphatic carbocycles. The molecule has 5 nitrogen and oxygen atoms in total. The third-order valence-electron chi connectivity index (χ3n) is 5.16. The number of rotatable bonds is 8. The molecular weight excluding hydrogens is 502 g/mol. The van der Waals surface area contributed by atoms with Crippen LogP contribution in [0, 0.1) is 18.7 Å². The second-order valence-electron chi connectivity index (χ2n) is 10.0.